The third-order valence-corrected chi connectivity index (χ3v) is 6.70. The van der Waals surface area contributed by atoms with Crippen molar-refractivity contribution in [3.05, 3.63) is 0 Å². The van der Waals surface area contributed by atoms with Crippen LogP contribution in [0.3, 0.4) is 0 Å². The van der Waals surface area contributed by atoms with Gasteiger partial charge in [0.2, 0.25) is 11.8 Å². The van der Waals surface area contributed by atoms with E-state index in [2.05, 4.69) is 17.6 Å². The minimum absolute atomic E-state index is 0.00707. The first-order chi connectivity index (χ1) is 16.1. The number of unbranched alkanes of at least 4 members (excludes halogenated alkanes) is 15. The van der Waals surface area contributed by atoms with E-state index in [1.165, 1.54) is 89.9 Å². The molecular formula is C28H56N2O3. The molecule has 0 saturated heterocycles. The molecule has 0 aliphatic rings. The third-order valence-electron chi connectivity index (χ3n) is 6.70. The molecule has 0 aromatic heterocycles. The van der Waals surface area contributed by atoms with Gasteiger partial charge in [0.15, 0.2) is 0 Å². The highest BCUT2D eigenvalue weighted by molar-refractivity contribution is 5.87. The van der Waals surface area contributed by atoms with Gasteiger partial charge >= 0.3 is 0 Å². The number of carbonyl (C=O) groups is 2. The number of nitrogens with one attached hydrogen (secondary N) is 2. The molecule has 0 bridgehead atoms. The summed E-state index contributed by atoms with van der Waals surface area (Å²) in [5, 5.41) is 14.7. The average Bonchev–Trinajstić information content (AvgIpc) is 2.82. The Morgan fingerprint density at radius 2 is 1.15 bits per heavy atom. The molecular weight excluding hydrogens is 412 g/mol. The first-order valence-electron chi connectivity index (χ1n) is 14.2. The summed E-state index contributed by atoms with van der Waals surface area (Å²) in [5.41, 5.74) is 0. The van der Waals surface area contributed by atoms with E-state index in [0.29, 0.717) is 13.0 Å². The lowest BCUT2D eigenvalue weighted by Crippen LogP contribution is -2.50. The molecule has 0 fully saturated rings. The highest BCUT2D eigenvalue weighted by Crippen LogP contribution is 2.14. The van der Waals surface area contributed by atoms with E-state index < -0.39 is 6.04 Å². The van der Waals surface area contributed by atoms with Crippen LogP contribution in [-0.4, -0.2) is 36.1 Å². The van der Waals surface area contributed by atoms with Crippen molar-refractivity contribution >= 4 is 11.8 Å². The van der Waals surface area contributed by atoms with Crippen molar-refractivity contribution < 1.29 is 14.7 Å². The number of amides is 2. The summed E-state index contributed by atoms with van der Waals surface area (Å²) < 4.78 is 0. The lowest BCUT2D eigenvalue weighted by Gasteiger charge is -2.23. The highest BCUT2D eigenvalue weighted by Gasteiger charge is 2.25. The van der Waals surface area contributed by atoms with Crippen LogP contribution in [0.1, 0.15) is 143 Å². The van der Waals surface area contributed by atoms with E-state index in [1.807, 2.05) is 13.8 Å². The van der Waals surface area contributed by atoms with Crippen LogP contribution >= 0.6 is 0 Å². The number of aliphatic hydroxyl groups is 1. The van der Waals surface area contributed by atoms with Crippen molar-refractivity contribution in [1.82, 2.24) is 10.6 Å². The van der Waals surface area contributed by atoms with Crippen LogP contribution in [0.2, 0.25) is 0 Å². The minimum Gasteiger partial charge on any atom is -0.396 e. The fourth-order valence-corrected chi connectivity index (χ4v) is 4.18. The lowest BCUT2D eigenvalue weighted by atomic mass is 9.98. The van der Waals surface area contributed by atoms with Crippen molar-refractivity contribution in [2.24, 2.45) is 5.92 Å². The minimum atomic E-state index is -0.484. The van der Waals surface area contributed by atoms with Gasteiger partial charge in [-0.2, -0.15) is 0 Å². The van der Waals surface area contributed by atoms with Crippen molar-refractivity contribution in [2.45, 2.75) is 149 Å². The lowest BCUT2D eigenvalue weighted by molar-refractivity contribution is -0.130. The van der Waals surface area contributed by atoms with Gasteiger partial charge in [-0.15, -0.1) is 0 Å². The van der Waals surface area contributed by atoms with Crippen LogP contribution in [0.15, 0.2) is 0 Å². The van der Waals surface area contributed by atoms with Crippen LogP contribution in [0, 0.1) is 5.92 Å². The second-order valence-corrected chi connectivity index (χ2v) is 9.85. The van der Waals surface area contributed by atoms with Gasteiger partial charge in [0.05, 0.1) is 0 Å². The smallest absolute Gasteiger partial charge is 0.242 e. The first kappa shape index (κ1) is 31.9. The maximum atomic E-state index is 12.5. The molecule has 0 aliphatic heterocycles. The molecule has 0 rings (SSSR count). The maximum absolute atomic E-state index is 12.5. The molecule has 0 heterocycles. The molecule has 0 aromatic rings. The molecule has 3 N–H and O–H groups in total. The average molecular weight is 469 g/mol. The zero-order valence-corrected chi connectivity index (χ0v) is 22.3. The van der Waals surface area contributed by atoms with Crippen molar-refractivity contribution in [1.29, 1.82) is 0 Å². The molecule has 0 aliphatic carbocycles. The summed E-state index contributed by atoms with van der Waals surface area (Å²) in [6.07, 6.45) is 22.9. The molecule has 0 spiro atoms. The Balaban J connectivity index is 3.62. The van der Waals surface area contributed by atoms with Gasteiger partial charge in [0.1, 0.15) is 6.04 Å². The van der Waals surface area contributed by atoms with E-state index >= 15 is 0 Å². The van der Waals surface area contributed by atoms with Crippen LogP contribution in [-0.2, 0) is 9.59 Å². The number of rotatable bonds is 24. The van der Waals surface area contributed by atoms with Gasteiger partial charge in [-0.1, -0.05) is 124 Å². The molecule has 5 nitrogen and oxygen atoms in total. The normalized spacial score (nSPS) is 13.0. The predicted octanol–water partition coefficient (Wildman–Crippen LogP) is 6.67. The second-order valence-electron chi connectivity index (χ2n) is 9.85. The van der Waals surface area contributed by atoms with E-state index in [4.69, 9.17) is 5.11 Å². The summed E-state index contributed by atoms with van der Waals surface area (Å²) in [4.78, 5) is 24.5. The fourth-order valence-electron chi connectivity index (χ4n) is 4.18. The van der Waals surface area contributed by atoms with Gasteiger partial charge in [-0.05, 0) is 18.8 Å². The Morgan fingerprint density at radius 3 is 1.58 bits per heavy atom. The molecule has 0 aromatic carbocycles. The molecule has 0 unspecified atom stereocenters. The molecule has 2 amide bonds. The standard InChI is InChI=1S/C28H56N2O3/c1-4-6-7-8-9-10-11-12-13-14-15-16-17-18-19-20-23-29-28(33)27(25(3)5-2)30-26(32)22-21-24-31/h25,27,31H,4-24H2,1-3H3,(H,29,33)(H,30,32)/t25-,27-/m0/s1. The topological polar surface area (TPSA) is 78.4 Å². The maximum Gasteiger partial charge on any atom is 0.242 e. The second kappa shape index (κ2) is 24.0. The summed E-state index contributed by atoms with van der Waals surface area (Å²) in [5.74, 6) is -0.150. The zero-order chi connectivity index (χ0) is 24.6. The van der Waals surface area contributed by atoms with Gasteiger partial charge in [-0.3, -0.25) is 9.59 Å². The molecule has 0 saturated carbocycles. The molecule has 2 atom stereocenters. The predicted molar refractivity (Wildman–Crippen MR) is 140 cm³/mol. The Bertz CT molecular complexity index is 456. The monoisotopic (exact) mass is 468 g/mol. The van der Waals surface area contributed by atoms with Gasteiger partial charge in [0, 0.05) is 19.6 Å². The molecule has 0 radical (unpaired) electrons. The van der Waals surface area contributed by atoms with Crippen LogP contribution in [0.4, 0.5) is 0 Å². The van der Waals surface area contributed by atoms with Crippen molar-refractivity contribution in [2.75, 3.05) is 13.2 Å². The van der Waals surface area contributed by atoms with E-state index in [9.17, 15) is 9.59 Å². The fraction of sp³-hybridized carbons (Fsp3) is 0.929. The number of hydrogen-bond acceptors (Lipinski definition) is 3. The van der Waals surface area contributed by atoms with Crippen LogP contribution < -0.4 is 10.6 Å². The number of hydrogen-bond donors (Lipinski definition) is 3. The van der Waals surface area contributed by atoms with Gasteiger partial charge in [-0.25, -0.2) is 0 Å². The quantitative estimate of drug-likeness (QED) is 0.138. The summed E-state index contributed by atoms with van der Waals surface area (Å²) >= 11 is 0. The number of aliphatic hydroxyl groups excluding tert-OH is 1. The Labute approximate surface area is 205 Å². The Hall–Kier alpha value is -1.10. The van der Waals surface area contributed by atoms with Crippen LogP contribution in [0.5, 0.6) is 0 Å². The molecule has 196 valence electrons. The summed E-state index contributed by atoms with van der Waals surface area (Å²) in [7, 11) is 0. The summed E-state index contributed by atoms with van der Waals surface area (Å²) in [6.45, 7) is 6.96. The van der Waals surface area contributed by atoms with Gasteiger partial charge < -0.3 is 15.7 Å². The third kappa shape index (κ3) is 20.0. The Morgan fingerprint density at radius 1 is 0.697 bits per heavy atom. The highest BCUT2D eigenvalue weighted by atomic mass is 16.3. The Kier molecular flexibility index (Phi) is 23.2. The molecule has 5 heteroatoms. The van der Waals surface area contributed by atoms with E-state index in [0.717, 1.165) is 19.3 Å². The van der Waals surface area contributed by atoms with Crippen LogP contribution in [0.25, 0.3) is 0 Å². The van der Waals surface area contributed by atoms with Gasteiger partial charge in [0.25, 0.3) is 0 Å². The largest absolute Gasteiger partial charge is 0.396 e. The zero-order valence-electron chi connectivity index (χ0n) is 22.3. The van der Waals surface area contributed by atoms with E-state index in [-0.39, 0.29) is 30.8 Å². The SMILES string of the molecule is CCCCCCCCCCCCCCCCCCNC(=O)[C@@H](NC(=O)CCCO)[C@@H](C)CC. The number of carbonyl (C=O) groups excluding carboxylic acids is 2. The first-order valence-corrected chi connectivity index (χ1v) is 14.2. The van der Waals surface area contributed by atoms with E-state index in [1.54, 1.807) is 0 Å². The van der Waals surface area contributed by atoms with Crippen molar-refractivity contribution in [3.63, 3.8) is 0 Å². The molecule has 33 heavy (non-hydrogen) atoms. The summed E-state index contributed by atoms with van der Waals surface area (Å²) in [6, 6.07) is -0.484. The van der Waals surface area contributed by atoms with Crippen molar-refractivity contribution in [3.8, 4) is 0 Å².